The Bertz CT molecular complexity index is 1610. The van der Waals surface area contributed by atoms with Crippen LogP contribution < -0.4 is 0 Å². The number of rotatable bonds is 4. The molecule has 0 fully saturated rings. The normalized spacial score (nSPS) is 10.3. The molecule has 0 saturated heterocycles. The van der Waals surface area contributed by atoms with Gasteiger partial charge in [0.1, 0.15) is 27.3 Å². The van der Waals surface area contributed by atoms with E-state index in [1.165, 1.54) is 16.9 Å². The second kappa shape index (κ2) is 12.4. The SMILES string of the molecule is C.Cc1ccc(-c2cnc(-c3ccccc3O)s2)cc1.Oc1ccccc1-c1cnc(-c2ccccc2O)s1. The fourth-order valence-corrected chi connectivity index (χ4v) is 5.70. The first kappa shape index (κ1) is 27.6. The Kier molecular flexibility index (Phi) is 8.76. The molecule has 39 heavy (non-hydrogen) atoms. The van der Waals surface area contributed by atoms with E-state index in [1.807, 2.05) is 48.7 Å². The Balaban J connectivity index is 0.000000176. The van der Waals surface area contributed by atoms with Crippen molar-refractivity contribution in [3.63, 3.8) is 0 Å². The van der Waals surface area contributed by atoms with E-state index in [0.29, 0.717) is 5.56 Å². The minimum absolute atomic E-state index is 0. The van der Waals surface area contributed by atoms with E-state index in [2.05, 4.69) is 41.2 Å². The molecule has 0 aliphatic rings. The third kappa shape index (κ3) is 6.34. The molecule has 2 heterocycles. The molecule has 0 bridgehead atoms. The Morgan fingerprint density at radius 1 is 0.513 bits per heavy atom. The lowest BCUT2D eigenvalue weighted by Gasteiger charge is -2.00. The summed E-state index contributed by atoms with van der Waals surface area (Å²) in [5.74, 6) is 0.711. The van der Waals surface area contributed by atoms with Crippen LogP contribution in [0, 0.1) is 6.92 Å². The molecule has 0 amide bonds. The molecule has 2 aromatic heterocycles. The van der Waals surface area contributed by atoms with Gasteiger partial charge in [-0.15, -0.1) is 22.7 Å². The van der Waals surface area contributed by atoms with E-state index in [9.17, 15) is 15.3 Å². The zero-order valence-corrected chi connectivity index (χ0v) is 22.1. The first-order chi connectivity index (χ1) is 18.5. The van der Waals surface area contributed by atoms with Gasteiger partial charge in [0, 0.05) is 18.0 Å². The zero-order chi connectivity index (χ0) is 26.5. The standard InChI is InChI=1S/C16H13NOS.C15H11NO2S.CH4/c1-11-6-8-12(9-7-11)15-10-17-16(19-15)13-4-2-3-5-14(13)18;17-12-7-3-1-5-10(12)14-9-16-15(19-14)11-6-2-4-8-13(11)18;/h2-10,18H,1H3;1-9,17-18H;1H4. The lowest BCUT2D eigenvalue weighted by atomic mass is 10.1. The molecule has 0 saturated carbocycles. The van der Waals surface area contributed by atoms with E-state index in [-0.39, 0.29) is 24.7 Å². The van der Waals surface area contributed by atoms with E-state index < -0.39 is 0 Å². The molecule has 6 rings (SSSR count). The van der Waals surface area contributed by atoms with Gasteiger partial charge in [0.05, 0.1) is 20.9 Å². The monoisotopic (exact) mass is 552 g/mol. The molecule has 3 N–H and O–H groups in total. The summed E-state index contributed by atoms with van der Waals surface area (Å²) in [6.07, 6.45) is 3.57. The maximum atomic E-state index is 9.85. The van der Waals surface area contributed by atoms with Gasteiger partial charge in [-0.3, -0.25) is 0 Å². The summed E-state index contributed by atoms with van der Waals surface area (Å²) in [6, 6.07) is 29.9. The number of aromatic hydroxyl groups is 3. The van der Waals surface area contributed by atoms with Crippen LogP contribution in [0.5, 0.6) is 17.2 Å². The van der Waals surface area contributed by atoms with Crippen LogP contribution in [0.4, 0.5) is 0 Å². The largest absolute Gasteiger partial charge is 0.507 e. The van der Waals surface area contributed by atoms with Gasteiger partial charge in [-0.2, -0.15) is 0 Å². The van der Waals surface area contributed by atoms with Crippen LogP contribution in [0.15, 0.2) is 109 Å². The topological polar surface area (TPSA) is 86.5 Å². The number of aryl methyl sites for hydroxylation is 1. The second-order valence-electron chi connectivity index (χ2n) is 8.48. The summed E-state index contributed by atoms with van der Waals surface area (Å²) in [7, 11) is 0. The number of phenols is 3. The average Bonchev–Trinajstić information content (AvgIpc) is 3.61. The highest BCUT2D eigenvalue weighted by Crippen LogP contribution is 2.39. The van der Waals surface area contributed by atoms with Gasteiger partial charge in [0.2, 0.25) is 0 Å². The number of aromatic nitrogens is 2. The first-order valence-electron chi connectivity index (χ1n) is 11.8. The van der Waals surface area contributed by atoms with E-state index in [0.717, 1.165) is 36.5 Å². The fourth-order valence-electron chi connectivity index (χ4n) is 3.76. The molecule has 5 nitrogen and oxygen atoms in total. The van der Waals surface area contributed by atoms with Crippen molar-refractivity contribution in [2.24, 2.45) is 0 Å². The lowest BCUT2D eigenvalue weighted by molar-refractivity contribution is 0.477. The maximum Gasteiger partial charge on any atom is 0.127 e. The summed E-state index contributed by atoms with van der Waals surface area (Å²) in [5.41, 5.74) is 4.64. The molecule has 0 radical (unpaired) electrons. The van der Waals surface area contributed by atoms with Crippen molar-refractivity contribution in [2.45, 2.75) is 14.4 Å². The van der Waals surface area contributed by atoms with Crippen molar-refractivity contribution in [2.75, 3.05) is 0 Å². The molecule has 0 aliphatic carbocycles. The summed E-state index contributed by atoms with van der Waals surface area (Å²) in [4.78, 5) is 10.7. The molecule has 0 spiro atoms. The lowest BCUT2D eigenvalue weighted by Crippen LogP contribution is -1.75. The van der Waals surface area contributed by atoms with Crippen LogP contribution >= 0.6 is 22.7 Å². The predicted octanol–water partition coefficient (Wildman–Crippen LogP) is 9.02. The van der Waals surface area contributed by atoms with Gasteiger partial charge in [-0.1, -0.05) is 73.7 Å². The zero-order valence-electron chi connectivity index (χ0n) is 20.4. The summed E-state index contributed by atoms with van der Waals surface area (Å²) in [5, 5.41) is 31.1. The van der Waals surface area contributed by atoms with Crippen LogP contribution in [0.2, 0.25) is 0 Å². The van der Waals surface area contributed by atoms with Crippen LogP contribution in [-0.2, 0) is 0 Å². The van der Waals surface area contributed by atoms with Gasteiger partial charge in [-0.25, -0.2) is 9.97 Å². The summed E-state index contributed by atoms with van der Waals surface area (Å²) >= 11 is 3.02. The number of nitrogens with zero attached hydrogens (tertiary/aromatic N) is 2. The van der Waals surface area contributed by atoms with Crippen LogP contribution in [0.1, 0.15) is 13.0 Å². The third-order valence-corrected chi connectivity index (χ3v) is 7.93. The van der Waals surface area contributed by atoms with Gasteiger partial charge >= 0.3 is 0 Å². The number of thiazole rings is 2. The number of hydrogen-bond acceptors (Lipinski definition) is 7. The Labute approximate surface area is 236 Å². The molecule has 6 aromatic rings. The summed E-state index contributed by atoms with van der Waals surface area (Å²) in [6.45, 7) is 2.07. The number of benzene rings is 4. The van der Waals surface area contributed by atoms with Crippen LogP contribution in [0.25, 0.3) is 42.0 Å². The van der Waals surface area contributed by atoms with Gasteiger partial charge in [-0.05, 0) is 48.9 Å². The molecular formula is C32H28N2O3S2. The van der Waals surface area contributed by atoms with E-state index >= 15 is 0 Å². The van der Waals surface area contributed by atoms with Crippen molar-refractivity contribution in [1.29, 1.82) is 0 Å². The highest BCUT2D eigenvalue weighted by molar-refractivity contribution is 7.18. The second-order valence-corrected chi connectivity index (χ2v) is 10.5. The molecular weight excluding hydrogens is 524 g/mol. The van der Waals surface area contributed by atoms with Crippen molar-refractivity contribution in [3.8, 4) is 59.3 Å². The van der Waals surface area contributed by atoms with Gasteiger partial charge in [0.15, 0.2) is 0 Å². The Morgan fingerprint density at radius 3 is 1.41 bits per heavy atom. The highest BCUT2D eigenvalue weighted by Gasteiger charge is 2.12. The molecule has 0 unspecified atom stereocenters. The third-order valence-electron chi connectivity index (χ3n) is 5.79. The molecule has 4 aromatic carbocycles. The van der Waals surface area contributed by atoms with E-state index in [1.54, 1.807) is 47.9 Å². The Morgan fingerprint density at radius 2 is 0.923 bits per heavy atom. The van der Waals surface area contributed by atoms with Crippen molar-refractivity contribution >= 4 is 22.7 Å². The number of hydrogen-bond donors (Lipinski definition) is 3. The molecule has 7 heteroatoms. The summed E-state index contributed by atoms with van der Waals surface area (Å²) < 4.78 is 0. The molecule has 0 aliphatic heterocycles. The van der Waals surface area contributed by atoms with Crippen LogP contribution in [0.3, 0.4) is 0 Å². The Hall–Kier alpha value is -4.46. The van der Waals surface area contributed by atoms with Crippen molar-refractivity contribution in [1.82, 2.24) is 9.97 Å². The van der Waals surface area contributed by atoms with Crippen molar-refractivity contribution < 1.29 is 15.3 Å². The molecule has 0 atom stereocenters. The van der Waals surface area contributed by atoms with Crippen LogP contribution in [-0.4, -0.2) is 25.3 Å². The highest BCUT2D eigenvalue weighted by atomic mass is 32.1. The average molecular weight is 553 g/mol. The predicted molar refractivity (Wildman–Crippen MR) is 162 cm³/mol. The number of phenolic OH excluding ortho intramolecular Hbond substituents is 3. The fraction of sp³-hybridized carbons (Fsp3) is 0.0625. The minimum Gasteiger partial charge on any atom is -0.507 e. The quantitative estimate of drug-likeness (QED) is 0.203. The minimum atomic E-state index is 0. The molecule has 196 valence electrons. The smallest absolute Gasteiger partial charge is 0.127 e. The maximum absolute atomic E-state index is 9.85. The van der Waals surface area contributed by atoms with Gasteiger partial charge < -0.3 is 15.3 Å². The van der Waals surface area contributed by atoms with Gasteiger partial charge in [0.25, 0.3) is 0 Å². The van der Waals surface area contributed by atoms with E-state index in [4.69, 9.17) is 0 Å². The van der Waals surface area contributed by atoms with Crippen molar-refractivity contribution in [3.05, 3.63) is 115 Å². The number of para-hydroxylation sites is 3. The first-order valence-corrected chi connectivity index (χ1v) is 13.5.